The van der Waals surface area contributed by atoms with Crippen LogP contribution in [0.2, 0.25) is 5.02 Å². The maximum absolute atomic E-state index is 12.4. The molecule has 0 radical (unpaired) electrons. The molecule has 0 saturated heterocycles. The molecule has 1 aromatic carbocycles. The Hall–Kier alpha value is -1.55. The van der Waals surface area contributed by atoms with Crippen LogP contribution >= 0.6 is 11.6 Å². The van der Waals surface area contributed by atoms with Crippen molar-refractivity contribution in [3.63, 3.8) is 0 Å². The molecular formula is C13H14ClNO4S. The molecule has 7 heteroatoms. The van der Waals surface area contributed by atoms with Gasteiger partial charge >= 0.3 is 5.97 Å². The van der Waals surface area contributed by atoms with Crippen molar-refractivity contribution < 1.29 is 18.3 Å². The molecule has 0 aromatic heterocycles. The molecule has 0 spiro atoms. The fraction of sp³-hybridized carbons (Fsp3) is 0.308. The maximum atomic E-state index is 12.4. The first-order valence-corrected chi connectivity index (χ1v) is 7.62. The first kappa shape index (κ1) is 16.5. The van der Waals surface area contributed by atoms with Crippen LogP contribution < -0.4 is 0 Å². The molecule has 0 fully saturated rings. The zero-order chi connectivity index (χ0) is 15.3. The molecule has 0 atom stereocenters. The fourth-order valence-corrected chi connectivity index (χ4v) is 3.41. The van der Waals surface area contributed by atoms with E-state index in [4.69, 9.17) is 23.1 Å². The average Bonchev–Trinajstić information content (AvgIpc) is 2.37. The number of halogens is 1. The number of aromatic carboxylic acids is 1. The van der Waals surface area contributed by atoms with E-state index in [2.05, 4.69) is 5.92 Å². The minimum atomic E-state index is -3.78. The van der Waals surface area contributed by atoms with Gasteiger partial charge in [0.1, 0.15) is 0 Å². The summed E-state index contributed by atoms with van der Waals surface area (Å²) in [4.78, 5) is 10.8. The summed E-state index contributed by atoms with van der Waals surface area (Å²) in [6.45, 7) is 2.07. The summed E-state index contributed by atoms with van der Waals surface area (Å²) in [5.74, 6) is 1.08. The topological polar surface area (TPSA) is 74.7 Å². The molecule has 0 aliphatic carbocycles. The number of carboxylic acids is 1. The molecule has 0 bridgehead atoms. The van der Waals surface area contributed by atoms with Gasteiger partial charge in [-0.2, -0.15) is 4.31 Å². The molecule has 0 aliphatic heterocycles. The van der Waals surface area contributed by atoms with Crippen molar-refractivity contribution in [1.29, 1.82) is 0 Å². The third-order valence-corrected chi connectivity index (χ3v) is 4.70. The highest BCUT2D eigenvalue weighted by atomic mass is 35.5. The number of rotatable bonds is 6. The van der Waals surface area contributed by atoms with Crippen LogP contribution in [0.25, 0.3) is 0 Å². The van der Waals surface area contributed by atoms with Gasteiger partial charge in [0.05, 0.1) is 22.0 Å². The van der Waals surface area contributed by atoms with Crippen molar-refractivity contribution in [2.45, 2.75) is 18.2 Å². The normalized spacial score (nSPS) is 11.3. The molecule has 1 aromatic rings. The standard InChI is InChI=1S/C13H14ClNO4S/c1-3-7-15(8-4-2)20(18,19)10-5-6-11(13(16)17)12(14)9-10/h1,5-6,9H,4,7-8H2,2H3,(H,16,17). The summed E-state index contributed by atoms with van der Waals surface area (Å²) < 4.78 is 25.9. The van der Waals surface area contributed by atoms with E-state index in [1.165, 1.54) is 6.07 Å². The number of hydrogen-bond donors (Lipinski definition) is 1. The van der Waals surface area contributed by atoms with Crippen LogP contribution in [0, 0.1) is 12.3 Å². The second kappa shape index (κ2) is 6.75. The Labute approximate surface area is 123 Å². The first-order valence-electron chi connectivity index (χ1n) is 5.81. The lowest BCUT2D eigenvalue weighted by Crippen LogP contribution is -2.32. The highest BCUT2D eigenvalue weighted by Gasteiger charge is 2.24. The van der Waals surface area contributed by atoms with Crippen molar-refractivity contribution in [3.8, 4) is 12.3 Å². The van der Waals surface area contributed by atoms with Gasteiger partial charge in [-0.3, -0.25) is 0 Å². The van der Waals surface area contributed by atoms with Crippen LogP contribution in [0.1, 0.15) is 23.7 Å². The predicted molar refractivity (Wildman–Crippen MR) is 76.3 cm³/mol. The van der Waals surface area contributed by atoms with Gasteiger partial charge in [-0.1, -0.05) is 24.4 Å². The van der Waals surface area contributed by atoms with Gasteiger partial charge in [-0.05, 0) is 24.6 Å². The summed E-state index contributed by atoms with van der Waals surface area (Å²) in [6, 6.07) is 3.50. The Morgan fingerprint density at radius 3 is 2.60 bits per heavy atom. The minimum Gasteiger partial charge on any atom is -0.478 e. The second-order valence-electron chi connectivity index (χ2n) is 3.99. The molecular weight excluding hydrogens is 302 g/mol. The summed E-state index contributed by atoms with van der Waals surface area (Å²) in [6.07, 6.45) is 5.78. The zero-order valence-electron chi connectivity index (χ0n) is 10.8. The highest BCUT2D eigenvalue weighted by Crippen LogP contribution is 2.23. The van der Waals surface area contributed by atoms with Crippen LogP contribution in [0.15, 0.2) is 23.1 Å². The van der Waals surface area contributed by atoms with Crippen LogP contribution in [-0.2, 0) is 10.0 Å². The first-order chi connectivity index (χ1) is 9.34. The molecule has 20 heavy (non-hydrogen) atoms. The lowest BCUT2D eigenvalue weighted by atomic mass is 10.2. The SMILES string of the molecule is C#CCN(CCC)S(=O)(=O)c1ccc(C(=O)O)c(Cl)c1. The number of carbonyl (C=O) groups is 1. The van der Waals surface area contributed by atoms with E-state index in [1.807, 2.05) is 6.92 Å². The van der Waals surface area contributed by atoms with E-state index in [0.29, 0.717) is 6.42 Å². The summed E-state index contributed by atoms with van der Waals surface area (Å²) in [5.41, 5.74) is -0.149. The van der Waals surface area contributed by atoms with Gasteiger partial charge in [-0.25, -0.2) is 13.2 Å². The molecule has 0 aliphatic rings. The van der Waals surface area contributed by atoms with E-state index >= 15 is 0 Å². The van der Waals surface area contributed by atoms with E-state index in [-0.39, 0.29) is 28.6 Å². The lowest BCUT2D eigenvalue weighted by molar-refractivity contribution is 0.0697. The molecule has 0 heterocycles. The van der Waals surface area contributed by atoms with Gasteiger partial charge in [0.25, 0.3) is 0 Å². The van der Waals surface area contributed by atoms with E-state index in [1.54, 1.807) is 0 Å². The molecule has 108 valence electrons. The molecule has 1 rings (SSSR count). The Balaban J connectivity index is 3.25. The number of hydrogen-bond acceptors (Lipinski definition) is 3. The van der Waals surface area contributed by atoms with Crippen molar-refractivity contribution in [2.75, 3.05) is 13.1 Å². The molecule has 0 unspecified atom stereocenters. The van der Waals surface area contributed by atoms with Gasteiger partial charge < -0.3 is 5.11 Å². The van der Waals surface area contributed by atoms with Crippen molar-refractivity contribution in [3.05, 3.63) is 28.8 Å². The van der Waals surface area contributed by atoms with Crippen molar-refractivity contribution in [2.24, 2.45) is 0 Å². The largest absolute Gasteiger partial charge is 0.478 e. The van der Waals surface area contributed by atoms with Gasteiger partial charge in [-0.15, -0.1) is 6.42 Å². The summed E-state index contributed by atoms with van der Waals surface area (Å²) in [7, 11) is -3.78. The number of terminal acetylenes is 1. The van der Waals surface area contributed by atoms with E-state index in [9.17, 15) is 13.2 Å². The number of nitrogens with zero attached hydrogens (tertiary/aromatic N) is 1. The predicted octanol–water partition coefficient (Wildman–Crippen LogP) is 2.07. The molecule has 1 N–H and O–H groups in total. The Morgan fingerprint density at radius 1 is 1.50 bits per heavy atom. The fourth-order valence-electron chi connectivity index (χ4n) is 1.61. The molecule has 5 nitrogen and oxygen atoms in total. The van der Waals surface area contributed by atoms with Gasteiger partial charge in [0, 0.05) is 6.54 Å². The zero-order valence-corrected chi connectivity index (χ0v) is 12.4. The van der Waals surface area contributed by atoms with E-state index < -0.39 is 16.0 Å². The minimum absolute atomic E-state index is 0.0471. The van der Waals surface area contributed by atoms with Crippen molar-refractivity contribution >= 4 is 27.6 Å². The van der Waals surface area contributed by atoms with Crippen LogP contribution in [0.3, 0.4) is 0 Å². The Bertz CT molecular complexity index is 649. The second-order valence-corrected chi connectivity index (χ2v) is 6.33. The van der Waals surface area contributed by atoms with E-state index in [0.717, 1.165) is 16.4 Å². The molecule has 0 saturated carbocycles. The quantitative estimate of drug-likeness (QED) is 0.815. The number of benzene rings is 1. The summed E-state index contributed by atoms with van der Waals surface area (Å²) >= 11 is 5.79. The number of carboxylic acid groups (broad SMARTS) is 1. The highest BCUT2D eigenvalue weighted by molar-refractivity contribution is 7.89. The van der Waals surface area contributed by atoms with Gasteiger partial charge in [0.15, 0.2) is 0 Å². The van der Waals surface area contributed by atoms with Crippen LogP contribution in [0.4, 0.5) is 0 Å². The van der Waals surface area contributed by atoms with Crippen LogP contribution in [-0.4, -0.2) is 36.9 Å². The summed E-state index contributed by atoms with van der Waals surface area (Å²) in [5, 5.41) is 8.74. The van der Waals surface area contributed by atoms with Crippen molar-refractivity contribution in [1.82, 2.24) is 4.31 Å². The number of sulfonamides is 1. The third-order valence-electron chi connectivity index (χ3n) is 2.55. The van der Waals surface area contributed by atoms with Gasteiger partial charge in [0.2, 0.25) is 10.0 Å². The monoisotopic (exact) mass is 315 g/mol. The smallest absolute Gasteiger partial charge is 0.337 e. The lowest BCUT2D eigenvalue weighted by Gasteiger charge is -2.19. The maximum Gasteiger partial charge on any atom is 0.337 e. The average molecular weight is 316 g/mol. The Morgan fingerprint density at radius 2 is 2.15 bits per heavy atom. The molecule has 0 amide bonds. The third kappa shape index (κ3) is 3.51. The van der Waals surface area contributed by atoms with Crippen LogP contribution in [0.5, 0.6) is 0 Å². The Kier molecular flexibility index (Phi) is 5.57.